The maximum Gasteiger partial charge on any atom is 0.122 e. The van der Waals surface area contributed by atoms with Crippen molar-refractivity contribution in [3.8, 4) is 5.75 Å². The lowest BCUT2D eigenvalue weighted by Gasteiger charge is -2.33. The van der Waals surface area contributed by atoms with Gasteiger partial charge >= 0.3 is 0 Å². The highest BCUT2D eigenvalue weighted by Crippen LogP contribution is 2.30. The molecule has 0 unspecified atom stereocenters. The van der Waals surface area contributed by atoms with Gasteiger partial charge in [-0.05, 0) is 18.9 Å². The normalized spacial score (nSPS) is 16.8. The summed E-state index contributed by atoms with van der Waals surface area (Å²) in [7, 11) is 3.84. The van der Waals surface area contributed by atoms with Gasteiger partial charge in [-0.25, -0.2) is 0 Å². The zero-order valence-electron chi connectivity index (χ0n) is 10.8. The lowest BCUT2D eigenvalue weighted by molar-refractivity contribution is 0.412. The molecule has 1 aromatic carbocycles. The Labute approximate surface area is 104 Å². The SMILES string of the molecule is COc1cc(N)cc(N(C)C2CCCCC2)c1. The van der Waals surface area contributed by atoms with Crippen molar-refractivity contribution in [2.45, 2.75) is 38.1 Å². The fraction of sp³-hybridized carbons (Fsp3) is 0.571. The van der Waals surface area contributed by atoms with Gasteiger partial charge in [0, 0.05) is 36.6 Å². The standard InChI is InChI=1S/C14H22N2O/c1-16(12-6-4-3-5-7-12)13-8-11(15)9-14(10-13)17-2/h8-10,12H,3-7,15H2,1-2H3. The number of nitrogen functional groups attached to an aromatic ring is 1. The van der Waals surface area contributed by atoms with E-state index in [2.05, 4.69) is 18.0 Å². The summed E-state index contributed by atoms with van der Waals surface area (Å²) >= 11 is 0. The number of hydrogen-bond donors (Lipinski definition) is 1. The summed E-state index contributed by atoms with van der Waals surface area (Å²) in [6.45, 7) is 0. The van der Waals surface area contributed by atoms with Gasteiger partial charge < -0.3 is 15.4 Å². The highest BCUT2D eigenvalue weighted by molar-refractivity contribution is 5.60. The maximum absolute atomic E-state index is 5.90. The minimum atomic E-state index is 0.648. The van der Waals surface area contributed by atoms with Gasteiger partial charge in [0.15, 0.2) is 0 Å². The zero-order valence-corrected chi connectivity index (χ0v) is 10.8. The van der Waals surface area contributed by atoms with Gasteiger partial charge in [-0.3, -0.25) is 0 Å². The number of ether oxygens (including phenoxy) is 1. The van der Waals surface area contributed by atoms with Crippen LogP contribution in [0.4, 0.5) is 11.4 Å². The van der Waals surface area contributed by atoms with E-state index in [0.29, 0.717) is 6.04 Å². The summed E-state index contributed by atoms with van der Waals surface area (Å²) in [5.74, 6) is 0.836. The van der Waals surface area contributed by atoms with Crippen LogP contribution in [0.25, 0.3) is 0 Å². The van der Waals surface area contributed by atoms with Crippen LogP contribution in [-0.4, -0.2) is 20.2 Å². The highest BCUT2D eigenvalue weighted by atomic mass is 16.5. The number of nitrogens with two attached hydrogens (primary N) is 1. The van der Waals surface area contributed by atoms with Crippen LogP contribution < -0.4 is 15.4 Å². The minimum absolute atomic E-state index is 0.648. The van der Waals surface area contributed by atoms with Gasteiger partial charge in [0.1, 0.15) is 5.75 Å². The minimum Gasteiger partial charge on any atom is -0.497 e. The molecule has 17 heavy (non-hydrogen) atoms. The first-order valence-electron chi connectivity index (χ1n) is 6.38. The number of benzene rings is 1. The Morgan fingerprint density at radius 2 is 1.88 bits per heavy atom. The van der Waals surface area contributed by atoms with Gasteiger partial charge in [0.25, 0.3) is 0 Å². The Bertz CT molecular complexity index is 372. The van der Waals surface area contributed by atoms with Crippen molar-refractivity contribution in [3.05, 3.63) is 18.2 Å². The summed E-state index contributed by atoms with van der Waals surface area (Å²) in [6, 6.07) is 6.59. The maximum atomic E-state index is 5.90. The quantitative estimate of drug-likeness (QED) is 0.817. The predicted molar refractivity (Wildman–Crippen MR) is 72.7 cm³/mol. The van der Waals surface area contributed by atoms with Gasteiger partial charge in [0.05, 0.1) is 7.11 Å². The largest absolute Gasteiger partial charge is 0.497 e. The Kier molecular flexibility index (Phi) is 3.77. The van der Waals surface area contributed by atoms with Crippen LogP contribution in [0.2, 0.25) is 0 Å². The molecule has 3 nitrogen and oxygen atoms in total. The molecule has 1 fully saturated rings. The Morgan fingerprint density at radius 3 is 2.53 bits per heavy atom. The molecule has 0 aromatic heterocycles. The molecule has 2 rings (SSSR count). The lowest BCUT2D eigenvalue weighted by atomic mass is 9.94. The van der Waals surface area contributed by atoms with E-state index < -0.39 is 0 Å². The summed E-state index contributed by atoms with van der Waals surface area (Å²) in [5.41, 5.74) is 7.82. The van der Waals surface area contributed by atoms with E-state index >= 15 is 0 Å². The van der Waals surface area contributed by atoms with E-state index in [0.717, 1.165) is 17.1 Å². The fourth-order valence-corrected chi connectivity index (χ4v) is 2.61. The Balaban J connectivity index is 2.17. The molecular weight excluding hydrogens is 212 g/mol. The average Bonchev–Trinajstić information content (AvgIpc) is 2.38. The summed E-state index contributed by atoms with van der Waals surface area (Å²) in [6.07, 6.45) is 6.63. The molecule has 0 atom stereocenters. The first-order valence-corrected chi connectivity index (χ1v) is 6.38. The van der Waals surface area contributed by atoms with Gasteiger partial charge in [-0.1, -0.05) is 19.3 Å². The molecule has 0 radical (unpaired) electrons. The second kappa shape index (κ2) is 5.30. The van der Waals surface area contributed by atoms with E-state index in [-0.39, 0.29) is 0 Å². The molecular formula is C14H22N2O. The van der Waals surface area contributed by atoms with Crippen LogP contribution >= 0.6 is 0 Å². The van der Waals surface area contributed by atoms with Crippen molar-refractivity contribution in [2.75, 3.05) is 24.8 Å². The van der Waals surface area contributed by atoms with E-state index in [1.807, 2.05) is 12.1 Å². The molecule has 1 aromatic rings. The van der Waals surface area contributed by atoms with Crippen LogP contribution in [0.5, 0.6) is 5.75 Å². The Morgan fingerprint density at radius 1 is 1.18 bits per heavy atom. The Hall–Kier alpha value is -1.38. The van der Waals surface area contributed by atoms with Crippen LogP contribution in [0.15, 0.2) is 18.2 Å². The zero-order chi connectivity index (χ0) is 12.3. The first-order chi connectivity index (χ1) is 8.20. The summed E-state index contributed by atoms with van der Waals surface area (Å²) in [4.78, 5) is 2.35. The molecule has 0 aliphatic heterocycles. The number of rotatable bonds is 3. The molecule has 0 saturated heterocycles. The second-order valence-electron chi connectivity index (χ2n) is 4.87. The molecule has 1 saturated carbocycles. The van der Waals surface area contributed by atoms with E-state index in [4.69, 9.17) is 10.5 Å². The number of nitrogens with zero attached hydrogens (tertiary/aromatic N) is 1. The third kappa shape index (κ3) is 2.84. The van der Waals surface area contributed by atoms with Crippen molar-refractivity contribution >= 4 is 11.4 Å². The molecule has 94 valence electrons. The van der Waals surface area contributed by atoms with Crippen molar-refractivity contribution in [3.63, 3.8) is 0 Å². The van der Waals surface area contributed by atoms with Gasteiger partial charge in [-0.15, -0.1) is 0 Å². The van der Waals surface area contributed by atoms with E-state index in [9.17, 15) is 0 Å². The van der Waals surface area contributed by atoms with E-state index in [1.54, 1.807) is 7.11 Å². The molecule has 0 bridgehead atoms. The molecule has 3 heteroatoms. The molecule has 2 N–H and O–H groups in total. The monoisotopic (exact) mass is 234 g/mol. The highest BCUT2D eigenvalue weighted by Gasteiger charge is 2.18. The van der Waals surface area contributed by atoms with Crippen molar-refractivity contribution < 1.29 is 4.74 Å². The van der Waals surface area contributed by atoms with Gasteiger partial charge in [-0.2, -0.15) is 0 Å². The molecule has 1 aliphatic rings. The van der Waals surface area contributed by atoms with Crippen LogP contribution in [0, 0.1) is 0 Å². The van der Waals surface area contributed by atoms with Crippen molar-refractivity contribution in [1.82, 2.24) is 0 Å². The smallest absolute Gasteiger partial charge is 0.122 e. The van der Waals surface area contributed by atoms with Crippen LogP contribution in [-0.2, 0) is 0 Å². The topological polar surface area (TPSA) is 38.5 Å². The predicted octanol–water partition coefficient (Wildman–Crippen LogP) is 3.05. The van der Waals surface area contributed by atoms with Gasteiger partial charge in [0.2, 0.25) is 0 Å². The lowest BCUT2D eigenvalue weighted by Crippen LogP contribution is -2.33. The fourth-order valence-electron chi connectivity index (χ4n) is 2.61. The summed E-state index contributed by atoms with van der Waals surface area (Å²) < 4.78 is 5.27. The van der Waals surface area contributed by atoms with Crippen molar-refractivity contribution in [2.24, 2.45) is 0 Å². The number of anilines is 2. The summed E-state index contributed by atoms with van der Waals surface area (Å²) in [5, 5.41) is 0. The van der Waals surface area contributed by atoms with E-state index in [1.165, 1.54) is 32.1 Å². The van der Waals surface area contributed by atoms with Crippen LogP contribution in [0.3, 0.4) is 0 Å². The number of methoxy groups -OCH3 is 1. The molecule has 1 aliphatic carbocycles. The third-order valence-electron chi connectivity index (χ3n) is 3.68. The second-order valence-corrected chi connectivity index (χ2v) is 4.87. The first kappa shape index (κ1) is 12.1. The van der Waals surface area contributed by atoms with Crippen LogP contribution in [0.1, 0.15) is 32.1 Å². The molecule has 0 heterocycles. The molecule has 0 spiro atoms. The third-order valence-corrected chi connectivity index (χ3v) is 3.68. The number of hydrogen-bond acceptors (Lipinski definition) is 3. The average molecular weight is 234 g/mol. The molecule has 0 amide bonds. The van der Waals surface area contributed by atoms with Crippen molar-refractivity contribution in [1.29, 1.82) is 0 Å².